The van der Waals surface area contributed by atoms with Gasteiger partial charge in [-0.1, -0.05) is 32.0 Å². The summed E-state index contributed by atoms with van der Waals surface area (Å²) in [6, 6.07) is 7.83. The van der Waals surface area contributed by atoms with Crippen molar-refractivity contribution in [1.82, 2.24) is 14.5 Å². The molecule has 0 bridgehead atoms. The van der Waals surface area contributed by atoms with E-state index in [1.165, 1.54) is 0 Å². The van der Waals surface area contributed by atoms with Gasteiger partial charge < -0.3 is 14.4 Å². The molecule has 1 aromatic heterocycles. The van der Waals surface area contributed by atoms with E-state index in [1.807, 2.05) is 36.8 Å². The molecule has 4 rings (SSSR count). The summed E-state index contributed by atoms with van der Waals surface area (Å²) in [5.41, 5.74) is 1.27. The smallest absolute Gasteiger partial charge is 0.315 e. The van der Waals surface area contributed by atoms with Crippen LogP contribution in [0.5, 0.6) is 5.75 Å². The van der Waals surface area contributed by atoms with Crippen LogP contribution in [0.4, 0.5) is 0 Å². The molecule has 0 aliphatic carbocycles. The predicted octanol–water partition coefficient (Wildman–Crippen LogP) is 2.60. The number of carboxylic acid groups (broad SMARTS) is 1. The van der Waals surface area contributed by atoms with Gasteiger partial charge in [-0.2, -0.15) is 0 Å². The van der Waals surface area contributed by atoms with Crippen molar-refractivity contribution in [1.29, 1.82) is 0 Å². The maximum Gasteiger partial charge on any atom is 0.315 e. The van der Waals surface area contributed by atoms with Gasteiger partial charge in [0.05, 0.1) is 12.0 Å². The third kappa shape index (κ3) is 2.78. The standard InChI is InChI=1S/C20H25N3O3/c1-14(2)8-23-13-21-7-15(23)9-22-10-17-16-5-3-4-6-18(16)26-12-20(17,11-22)19(24)25/h3-7,13-14,17H,8-12H2,1-2H3,(H,24,25)/t17-,20-/m1/s1. The van der Waals surface area contributed by atoms with Crippen molar-refractivity contribution in [3.05, 3.63) is 48.0 Å². The summed E-state index contributed by atoms with van der Waals surface area (Å²) >= 11 is 0. The average Bonchev–Trinajstić information content (AvgIpc) is 3.19. The normalized spacial score (nSPS) is 25.0. The molecule has 0 radical (unpaired) electrons. The van der Waals surface area contributed by atoms with Gasteiger partial charge >= 0.3 is 5.97 Å². The topological polar surface area (TPSA) is 67.6 Å². The van der Waals surface area contributed by atoms with E-state index in [9.17, 15) is 9.90 Å². The number of ether oxygens (including phenoxy) is 1. The van der Waals surface area contributed by atoms with Crippen LogP contribution in [0.2, 0.25) is 0 Å². The minimum Gasteiger partial charge on any atom is -0.492 e. The highest BCUT2D eigenvalue weighted by molar-refractivity contribution is 5.78. The highest BCUT2D eigenvalue weighted by Gasteiger charge is 2.56. The van der Waals surface area contributed by atoms with Crippen LogP contribution in [-0.4, -0.2) is 45.2 Å². The lowest BCUT2D eigenvalue weighted by Crippen LogP contribution is -2.45. The van der Waals surface area contributed by atoms with Crippen molar-refractivity contribution in [3.63, 3.8) is 0 Å². The van der Waals surface area contributed by atoms with E-state index >= 15 is 0 Å². The molecule has 2 aliphatic heterocycles. The van der Waals surface area contributed by atoms with Crippen LogP contribution >= 0.6 is 0 Å². The Kier molecular flexibility index (Phi) is 4.23. The summed E-state index contributed by atoms with van der Waals surface area (Å²) in [4.78, 5) is 18.7. The quantitative estimate of drug-likeness (QED) is 0.893. The Labute approximate surface area is 153 Å². The van der Waals surface area contributed by atoms with Gasteiger partial charge in [-0.3, -0.25) is 9.69 Å². The van der Waals surface area contributed by atoms with Gasteiger partial charge in [0, 0.05) is 38.3 Å². The number of hydrogen-bond acceptors (Lipinski definition) is 4. The van der Waals surface area contributed by atoms with Crippen molar-refractivity contribution in [2.45, 2.75) is 32.9 Å². The molecule has 2 aromatic rings. The monoisotopic (exact) mass is 355 g/mol. The first-order valence-corrected chi connectivity index (χ1v) is 9.16. The zero-order chi connectivity index (χ0) is 18.3. The Morgan fingerprint density at radius 1 is 1.42 bits per heavy atom. The van der Waals surface area contributed by atoms with E-state index in [0.29, 0.717) is 19.0 Å². The van der Waals surface area contributed by atoms with E-state index in [0.717, 1.165) is 30.1 Å². The molecule has 1 saturated heterocycles. The summed E-state index contributed by atoms with van der Waals surface area (Å²) in [7, 11) is 0. The van der Waals surface area contributed by atoms with Crippen molar-refractivity contribution in [2.75, 3.05) is 19.7 Å². The lowest BCUT2D eigenvalue weighted by atomic mass is 9.73. The Morgan fingerprint density at radius 2 is 2.23 bits per heavy atom. The molecule has 2 atom stereocenters. The second-order valence-electron chi connectivity index (χ2n) is 7.94. The van der Waals surface area contributed by atoms with Gasteiger partial charge in [-0.25, -0.2) is 4.98 Å². The maximum atomic E-state index is 12.2. The number of fused-ring (bicyclic) bond motifs is 3. The van der Waals surface area contributed by atoms with E-state index in [1.54, 1.807) is 0 Å². The number of likely N-dealkylation sites (tertiary alicyclic amines) is 1. The number of imidazole rings is 1. The molecule has 0 unspecified atom stereocenters. The van der Waals surface area contributed by atoms with Gasteiger partial charge in [0.15, 0.2) is 0 Å². The third-order valence-corrected chi connectivity index (χ3v) is 5.57. The molecule has 0 amide bonds. The summed E-state index contributed by atoms with van der Waals surface area (Å²) in [5, 5.41) is 10.0. The zero-order valence-corrected chi connectivity index (χ0v) is 15.3. The van der Waals surface area contributed by atoms with Crippen LogP contribution in [0.3, 0.4) is 0 Å². The fraction of sp³-hybridized carbons (Fsp3) is 0.500. The molecular weight excluding hydrogens is 330 g/mol. The highest BCUT2D eigenvalue weighted by atomic mass is 16.5. The Morgan fingerprint density at radius 3 is 3.00 bits per heavy atom. The van der Waals surface area contributed by atoms with Crippen LogP contribution in [0.15, 0.2) is 36.8 Å². The Balaban J connectivity index is 1.61. The third-order valence-electron chi connectivity index (χ3n) is 5.57. The van der Waals surface area contributed by atoms with Crippen LogP contribution in [0.1, 0.15) is 31.0 Å². The number of nitrogens with zero attached hydrogens (tertiary/aromatic N) is 3. The fourth-order valence-electron chi connectivity index (χ4n) is 4.32. The van der Waals surface area contributed by atoms with Crippen LogP contribution < -0.4 is 4.74 Å². The number of benzene rings is 1. The summed E-state index contributed by atoms with van der Waals surface area (Å²) < 4.78 is 8.01. The second-order valence-corrected chi connectivity index (χ2v) is 7.94. The number of carboxylic acids is 1. The minimum absolute atomic E-state index is 0.0496. The van der Waals surface area contributed by atoms with Crippen molar-refractivity contribution < 1.29 is 14.6 Å². The number of aromatic nitrogens is 2. The molecule has 6 heteroatoms. The van der Waals surface area contributed by atoms with Gasteiger partial charge in [0.1, 0.15) is 17.8 Å². The predicted molar refractivity (Wildman–Crippen MR) is 97.1 cm³/mol. The van der Waals surface area contributed by atoms with Crippen LogP contribution in [0, 0.1) is 11.3 Å². The molecule has 0 saturated carbocycles. The van der Waals surface area contributed by atoms with E-state index in [2.05, 4.69) is 28.3 Å². The molecule has 26 heavy (non-hydrogen) atoms. The number of aliphatic carboxylic acids is 1. The van der Waals surface area contributed by atoms with Gasteiger partial charge in [0.25, 0.3) is 0 Å². The lowest BCUT2D eigenvalue weighted by Gasteiger charge is -2.35. The zero-order valence-electron chi connectivity index (χ0n) is 15.3. The summed E-state index contributed by atoms with van der Waals surface area (Å²) in [6.07, 6.45) is 3.76. The van der Waals surface area contributed by atoms with Crippen molar-refractivity contribution >= 4 is 5.97 Å². The average molecular weight is 355 g/mol. The molecule has 1 fully saturated rings. The molecule has 3 heterocycles. The highest BCUT2D eigenvalue weighted by Crippen LogP contribution is 2.49. The first-order valence-electron chi connectivity index (χ1n) is 9.16. The Hall–Kier alpha value is -2.34. The SMILES string of the molecule is CC(C)Cn1cncc1CN1C[C@@H]2c3ccccc3OC[C@]2(C(=O)O)C1. The number of carbonyl (C=O) groups is 1. The molecule has 1 N–H and O–H groups in total. The second kappa shape index (κ2) is 6.43. The maximum absolute atomic E-state index is 12.2. The van der Waals surface area contributed by atoms with E-state index in [-0.39, 0.29) is 12.5 Å². The molecule has 6 nitrogen and oxygen atoms in total. The van der Waals surface area contributed by atoms with Crippen molar-refractivity contribution in [2.24, 2.45) is 11.3 Å². The molecular formula is C20H25N3O3. The largest absolute Gasteiger partial charge is 0.492 e. The minimum atomic E-state index is -0.878. The molecule has 138 valence electrons. The van der Waals surface area contributed by atoms with Gasteiger partial charge in [0.2, 0.25) is 0 Å². The molecule has 0 spiro atoms. The Bertz CT molecular complexity index is 816. The molecule has 1 aromatic carbocycles. The van der Waals surface area contributed by atoms with E-state index < -0.39 is 11.4 Å². The molecule has 2 aliphatic rings. The first kappa shape index (κ1) is 17.1. The van der Waals surface area contributed by atoms with Gasteiger partial charge in [-0.15, -0.1) is 0 Å². The first-order chi connectivity index (χ1) is 12.5. The number of para-hydroxylation sites is 1. The van der Waals surface area contributed by atoms with Gasteiger partial charge in [-0.05, 0) is 17.5 Å². The van der Waals surface area contributed by atoms with Crippen LogP contribution in [-0.2, 0) is 17.9 Å². The fourth-order valence-corrected chi connectivity index (χ4v) is 4.32. The summed E-state index contributed by atoms with van der Waals surface area (Å²) in [6.45, 7) is 7.44. The lowest BCUT2D eigenvalue weighted by molar-refractivity contribution is -0.151. The van der Waals surface area contributed by atoms with E-state index in [4.69, 9.17) is 4.74 Å². The van der Waals surface area contributed by atoms with Crippen LogP contribution in [0.25, 0.3) is 0 Å². The van der Waals surface area contributed by atoms with Crippen molar-refractivity contribution in [3.8, 4) is 5.75 Å². The summed E-state index contributed by atoms with van der Waals surface area (Å²) in [5.74, 6) is 0.539. The number of hydrogen-bond donors (Lipinski definition) is 1. The number of rotatable bonds is 5.